The molecule has 0 rings (SSSR count). The largest absolute Gasteiger partial charge is 1.00 e. The normalized spacial score (nSPS) is 10.9. The Balaban J connectivity index is -0.000000720. The fourth-order valence-electron chi connectivity index (χ4n) is 0.763. The first kappa shape index (κ1) is 18.0. The first-order valence-corrected chi connectivity index (χ1v) is 4.88. The summed E-state index contributed by atoms with van der Waals surface area (Å²) in [7, 11) is -0.542. The van der Waals surface area contributed by atoms with E-state index in [9.17, 15) is 0 Å². The third-order valence-electron chi connectivity index (χ3n) is 1.15. The SMILES string of the molecule is CC(C)OB(OC(C)C)OC(C)C.[H-].[K+]. The molecular formula is C9H22BKO3. The maximum Gasteiger partial charge on any atom is 1.00 e. The van der Waals surface area contributed by atoms with Crippen molar-refractivity contribution >= 4 is 7.32 Å². The van der Waals surface area contributed by atoms with Gasteiger partial charge in [0.15, 0.2) is 0 Å². The van der Waals surface area contributed by atoms with Gasteiger partial charge in [0.2, 0.25) is 0 Å². The predicted molar refractivity (Wildman–Crippen MR) is 55.5 cm³/mol. The first-order chi connectivity index (χ1) is 5.91. The number of hydrogen-bond donors (Lipinski definition) is 0. The van der Waals surface area contributed by atoms with E-state index in [1.165, 1.54) is 0 Å². The summed E-state index contributed by atoms with van der Waals surface area (Å²) in [5, 5.41) is 0. The van der Waals surface area contributed by atoms with Gasteiger partial charge in [-0.2, -0.15) is 0 Å². The van der Waals surface area contributed by atoms with Crippen LogP contribution in [0.25, 0.3) is 0 Å². The van der Waals surface area contributed by atoms with Crippen molar-refractivity contribution in [3.63, 3.8) is 0 Å². The molecule has 0 aromatic rings. The van der Waals surface area contributed by atoms with Crippen LogP contribution in [0, 0.1) is 0 Å². The van der Waals surface area contributed by atoms with Gasteiger partial charge in [-0.05, 0) is 41.5 Å². The van der Waals surface area contributed by atoms with Gasteiger partial charge in [-0.15, -0.1) is 0 Å². The number of hydrogen-bond acceptors (Lipinski definition) is 3. The molecule has 80 valence electrons. The molecule has 0 fully saturated rings. The van der Waals surface area contributed by atoms with Crippen LogP contribution in [0.2, 0.25) is 0 Å². The molecule has 0 spiro atoms. The minimum absolute atomic E-state index is 0. The molecule has 0 aliphatic carbocycles. The summed E-state index contributed by atoms with van der Waals surface area (Å²) in [6, 6.07) is 0. The van der Waals surface area contributed by atoms with Gasteiger partial charge in [0.25, 0.3) is 0 Å². The average molecular weight is 228 g/mol. The molecule has 0 heterocycles. The molecule has 0 bridgehead atoms. The second kappa shape index (κ2) is 9.78. The minimum Gasteiger partial charge on any atom is -1.00 e. The zero-order valence-electron chi connectivity index (χ0n) is 11.5. The maximum atomic E-state index is 5.43. The van der Waals surface area contributed by atoms with Crippen LogP contribution in [0.3, 0.4) is 0 Å². The summed E-state index contributed by atoms with van der Waals surface area (Å²) in [5.41, 5.74) is 0. The second-order valence-electron chi connectivity index (χ2n) is 3.84. The Hall–Kier alpha value is 1.58. The summed E-state index contributed by atoms with van der Waals surface area (Å²) >= 11 is 0. The van der Waals surface area contributed by atoms with Crippen molar-refractivity contribution in [1.29, 1.82) is 0 Å². The third kappa shape index (κ3) is 11.7. The molecule has 0 aromatic carbocycles. The van der Waals surface area contributed by atoms with Crippen molar-refractivity contribution in [3.8, 4) is 0 Å². The van der Waals surface area contributed by atoms with Crippen LogP contribution in [0.15, 0.2) is 0 Å². The van der Waals surface area contributed by atoms with E-state index in [1.54, 1.807) is 0 Å². The Kier molecular flexibility index (Phi) is 12.5. The van der Waals surface area contributed by atoms with E-state index in [4.69, 9.17) is 14.0 Å². The Morgan fingerprint density at radius 2 is 0.929 bits per heavy atom. The Bertz CT molecular complexity index is 113. The van der Waals surface area contributed by atoms with E-state index in [0.717, 1.165) is 0 Å². The van der Waals surface area contributed by atoms with E-state index in [2.05, 4.69) is 0 Å². The van der Waals surface area contributed by atoms with Crippen LogP contribution in [0.4, 0.5) is 0 Å². The zero-order valence-corrected chi connectivity index (χ0v) is 13.7. The number of rotatable bonds is 6. The van der Waals surface area contributed by atoms with Gasteiger partial charge in [-0.25, -0.2) is 0 Å². The third-order valence-corrected chi connectivity index (χ3v) is 1.15. The van der Waals surface area contributed by atoms with Crippen molar-refractivity contribution in [3.05, 3.63) is 0 Å². The average Bonchev–Trinajstić information content (AvgIpc) is 1.80. The molecule has 0 saturated heterocycles. The molecule has 0 saturated carbocycles. The van der Waals surface area contributed by atoms with Crippen molar-refractivity contribution < 1.29 is 66.8 Å². The fraction of sp³-hybridized carbons (Fsp3) is 1.00. The molecular weight excluding hydrogens is 206 g/mol. The Labute approximate surface area is 132 Å². The van der Waals surface area contributed by atoms with Gasteiger partial charge < -0.3 is 15.4 Å². The Morgan fingerprint density at radius 3 is 1.07 bits per heavy atom. The van der Waals surface area contributed by atoms with Gasteiger partial charge >= 0.3 is 58.7 Å². The molecule has 5 heteroatoms. The van der Waals surface area contributed by atoms with Crippen LogP contribution in [-0.2, 0) is 14.0 Å². The van der Waals surface area contributed by atoms with Crippen LogP contribution in [0.5, 0.6) is 0 Å². The molecule has 0 amide bonds. The second-order valence-corrected chi connectivity index (χ2v) is 3.84. The van der Waals surface area contributed by atoms with Crippen LogP contribution < -0.4 is 51.4 Å². The predicted octanol–water partition coefficient (Wildman–Crippen LogP) is -0.637. The topological polar surface area (TPSA) is 27.7 Å². The van der Waals surface area contributed by atoms with Gasteiger partial charge in [-0.3, -0.25) is 0 Å². The summed E-state index contributed by atoms with van der Waals surface area (Å²) in [6.07, 6.45) is 0.340. The van der Waals surface area contributed by atoms with E-state index < -0.39 is 7.32 Å². The van der Waals surface area contributed by atoms with E-state index in [-0.39, 0.29) is 71.1 Å². The smallest absolute Gasteiger partial charge is 1.00 e. The standard InChI is InChI=1S/C9H21BO3.K.H/c1-7(2)11-10(12-8(3)4)13-9(5)6;;/h7-9H,1-6H3;;/q;+1;-1. The van der Waals surface area contributed by atoms with Gasteiger partial charge in [0, 0.05) is 18.3 Å². The summed E-state index contributed by atoms with van der Waals surface area (Å²) < 4.78 is 16.3. The molecule has 0 aliphatic rings. The zero-order chi connectivity index (χ0) is 10.4. The molecule has 3 nitrogen and oxygen atoms in total. The maximum absolute atomic E-state index is 5.43. The fourth-order valence-corrected chi connectivity index (χ4v) is 0.763. The van der Waals surface area contributed by atoms with Gasteiger partial charge in [-0.1, -0.05) is 0 Å². The van der Waals surface area contributed by atoms with E-state index >= 15 is 0 Å². The summed E-state index contributed by atoms with van der Waals surface area (Å²) in [6.45, 7) is 11.8. The van der Waals surface area contributed by atoms with Gasteiger partial charge in [0.1, 0.15) is 0 Å². The van der Waals surface area contributed by atoms with Crippen LogP contribution in [-0.4, -0.2) is 25.6 Å². The minimum atomic E-state index is -0.542. The summed E-state index contributed by atoms with van der Waals surface area (Å²) in [4.78, 5) is 0. The molecule has 0 radical (unpaired) electrons. The van der Waals surface area contributed by atoms with Crippen molar-refractivity contribution in [2.45, 2.75) is 59.9 Å². The Morgan fingerprint density at radius 1 is 0.714 bits per heavy atom. The van der Waals surface area contributed by atoms with Crippen molar-refractivity contribution in [2.75, 3.05) is 0 Å². The molecule has 0 N–H and O–H groups in total. The molecule has 0 atom stereocenters. The van der Waals surface area contributed by atoms with E-state index in [1.807, 2.05) is 41.5 Å². The molecule has 0 unspecified atom stereocenters. The van der Waals surface area contributed by atoms with Gasteiger partial charge in [0.05, 0.1) is 0 Å². The molecule has 14 heavy (non-hydrogen) atoms. The first-order valence-electron chi connectivity index (χ1n) is 4.88. The quantitative estimate of drug-likeness (QED) is 0.566. The van der Waals surface area contributed by atoms with Crippen LogP contribution >= 0.6 is 0 Å². The molecule has 0 aromatic heterocycles. The van der Waals surface area contributed by atoms with Crippen molar-refractivity contribution in [2.24, 2.45) is 0 Å². The van der Waals surface area contributed by atoms with Crippen LogP contribution in [0.1, 0.15) is 43.0 Å². The summed E-state index contributed by atoms with van der Waals surface area (Å²) in [5.74, 6) is 0. The van der Waals surface area contributed by atoms with Crippen molar-refractivity contribution in [1.82, 2.24) is 0 Å². The van der Waals surface area contributed by atoms with E-state index in [0.29, 0.717) is 0 Å². The molecule has 0 aliphatic heterocycles. The monoisotopic (exact) mass is 228 g/mol.